The molecule has 0 saturated carbocycles. The number of carbonyl (C=O) groups is 3. The van der Waals surface area contributed by atoms with Crippen molar-refractivity contribution in [2.45, 2.75) is 24.8 Å². The van der Waals surface area contributed by atoms with E-state index in [9.17, 15) is 22.8 Å². The van der Waals surface area contributed by atoms with Crippen LogP contribution in [-0.2, 0) is 28.6 Å². The van der Waals surface area contributed by atoms with E-state index in [1.807, 2.05) is 0 Å². The van der Waals surface area contributed by atoms with Gasteiger partial charge in [0.15, 0.2) is 12.1 Å². The van der Waals surface area contributed by atoms with Crippen LogP contribution in [0.1, 0.15) is 6.42 Å². The molecule has 3 aliphatic rings. The SMILES string of the molecule is CS(=O)(=O)OC1C2=C3[C@@H](C(=O)N3C1OC(=O)O)N(C=O)CC2. The quantitative estimate of drug-likeness (QED) is 0.291. The first-order valence-electron chi connectivity index (χ1n) is 6.29. The number of rotatable bonds is 4. The second kappa shape index (κ2) is 4.68. The van der Waals surface area contributed by atoms with Gasteiger partial charge >= 0.3 is 6.16 Å². The largest absolute Gasteiger partial charge is 0.507 e. The summed E-state index contributed by atoms with van der Waals surface area (Å²) in [5.41, 5.74) is 0.864. The molecular formula is C11H12N2O8S. The normalized spacial score (nSPS) is 30.0. The van der Waals surface area contributed by atoms with Crippen molar-refractivity contribution >= 4 is 28.6 Å². The van der Waals surface area contributed by atoms with Crippen LogP contribution in [0.2, 0.25) is 0 Å². The summed E-state index contributed by atoms with van der Waals surface area (Å²) in [6, 6.07) is -0.825. The lowest BCUT2D eigenvalue weighted by Crippen LogP contribution is -2.64. The van der Waals surface area contributed by atoms with Gasteiger partial charge in [-0.05, 0) is 12.0 Å². The molecule has 2 amide bonds. The summed E-state index contributed by atoms with van der Waals surface area (Å²) in [4.78, 5) is 36.2. The maximum atomic E-state index is 12.1. The predicted molar refractivity (Wildman–Crippen MR) is 67.7 cm³/mol. The molecule has 0 aromatic rings. The highest BCUT2D eigenvalue weighted by Crippen LogP contribution is 2.47. The monoisotopic (exact) mass is 332 g/mol. The zero-order valence-corrected chi connectivity index (χ0v) is 12.1. The number of β-lactam (4-membered cyclic amide) rings is 1. The van der Waals surface area contributed by atoms with Crippen LogP contribution in [0.5, 0.6) is 0 Å². The van der Waals surface area contributed by atoms with Crippen molar-refractivity contribution in [3.63, 3.8) is 0 Å². The molecule has 3 heterocycles. The van der Waals surface area contributed by atoms with Gasteiger partial charge in [-0.3, -0.25) is 18.7 Å². The second-order valence-electron chi connectivity index (χ2n) is 5.11. The summed E-state index contributed by atoms with van der Waals surface area (Å²) in [7, 11) is -3.90. The molecule has 0 aromatic carbocycles. The molecular weight excluding hydrogens is 320 g/mol. The number of nitrogens with zero attached hydrogens (tertiary/aromatic N) is 2. The lowest BCUT2D eigenvalue weighted by atomic mass is 9.92. The minimum Gasteiger partial charge on any atom is -0.450 e. The van der Waals surface area contributed by atoms with Crippen LogP contribution in [0.15, 0.2) is 11.3 Å². The highest BCUT2D eigenvalue weighted by atomic mass is 32.2. The van der Waals surface area contributed by atoms with Gasteiger partial charge in [-0.15, -0.1) is 0 Å². The Bertz CT molecular complexity index is 699. The van der Waals surface area contributed by atoms with Crippen LogP contribution in [0, 0.1) is 0 Å². The van der Waals surface area contributed by atoms with Crippen LogP contribution in [0.3, 0.4) is 0 Å². The molecule has 3 atom stereocenters. The van der Waals surface area contributed by atoms with Crippen molar-refractivity contribution in [2.24, 2.45) is 0 Å². The molecule has 3 rings (SSSR count). The Morgan fingerprint density at radius 3 is 2.68 bits per heavy atom. The van der Waals surface area contributed by atoms with E-state index < -0.39 is 40.6 Å². The van der Waals surface area contributed by atoms with Gasteiger partial charge in [0.05, 0.1) is 12.0 Å². The van der Waals surface area contributed by atoms with Gasteiger partial charge in [-0.1, -0.05) is 0 Å². The first-order chi connectivity index (χ1) is 10.2. The number of ether oxygens (including phenoxy) is 1. The average Bonchev–Trinajstić information content (AvgIpc) is 2.67. The van der Waals surface area contributed by atoms with Crippen molar-refractivity contribution in [1.82, 2.24) is 9.80 Å². The maximum Gasteiger partial charge on any atom is 0.507 e. The second-order valence-corrected chi connectivity index (χ2v) is 6.71. The zero-order valence-electron chi connectivity index (χ0n) is 11.3. The van der Waals surface area contributed by atoms with Gasteiger partial charge in [0.1, 0.15) is 0 Å². The summed E-state index contributed by atoms with van der Waals surface area (Å²) in [6.07, 6.45) is -2.65. The van der Waals surface area contributed by atoms with E-state index in [1.54, 1.807) is 0 Å². The van der Waals surface area contributed by atoms with Gasteiger partial charge in [-0.2, -0.15) is 8.42 Å². The summed E-state index contributed by atoms with van der Waals surface area (Å²) in [6.45, 7) is 0.218. The van der Waals surface area contributed by atoms with E-state index in [4.69, 9.17) is 9.29 Å². The molecule has 10 nitrogen and oxygen atoms in total. The third kappa shape index (κ3) is 2.04. The lowest BCUT2D eigenvalue weighted by Gasteiger charge is -2.46. The van der Waals surface area contributed by atoms with Crippen LogP contribution in [0.25, 0.3) is 0 Å². The smallest absolute Gasteiger partial charge is 0.450 e. The first-order valence-corrected chi connectivity index (χ1v) is 8.11. The summed E-state index contributed by atoms with van der Waals surface area (Å²) < 4.78 is 32.4. The highest BCUT2D eigenvalue weighted by molar-refractivity contribution is 7.86. The van der Waals surface area contributed by atoms with Gasteiger partial charge in [-0.25, -0.2) is 4.79 Å². The van der Waals surface area contributed by atoms with E-state index in [-0.39, 0.29) is 13.0 Å². The summed E-state index contributed by atoms with van der Waals surface area (Å²) in [5, 5.41) is 8.79. The van der Waals surface area contributed by atoms with Crippen molar-refractivity contribution in [3.8, 4) is 0 Å². The lowest BCUT2D eigenvalue weighted by molar-refractivity contribution is -0.159. The topological polar surface area (TPSA) is 131 Å². The van der Waals surface area contributed by atoms with E-state index in [0.29, 0.717) is 17.7 Å². The van der Waals surface area contributed by atoms with Crippen LogP contribution >= 0.6 is 0 Å². The van der Waals surface area contributed by atoms with E-state index >= 15 is 0 Å². The molecule has 0 radical (unpaired) electrons. The molecule has 1 saturated heterocycles. The Balaban J connectivity index is 2.00. The Kier molecular flexibility index (Phi) is 3.14. The minimum absolute atomic E-state index is 0.218. The standard InChI is InChI=1S/C11H12N2O8S/c1-22(18,19)21-8-5-2-3-12(4-14)7-6(5)13(9(7)15)10(8)20-11(16)17/h4,7-8,10H,2-3H2,1H3,(H,16,17)/t7-,8?,10?/m0/s1. The Labute approximate surface area is 125 Å². The van der Waals surface area contributed by atoms with Crippen molar-refractivity contribution in [1.29, 1.82) is 0 Å². The third-order valence-corrected chi connectivity index (χ3v) is 4.34. The number of carbonyl (C=O) groups excluding carboxylic acids is 2. The molecule has 1 N–H and O–H groups in total. The molecule has 1 fully saturated rings. The minimum atomic E-state index is -3.90. The van der Waals surface area contributed by atoms with Crippen LogP contribution in [-0.4, -0.2) is 73.0 Å². The summed E-state index contributed by atoms with van der Waals surface area (Å²) in [5.74, 6) is -0.523. The molecule has 0 bridgehead atoms. The summed E-state index contributed by atoms with van der Waals surface area (Å²) >= 11 is 0. The van der Waals surface area contributed by atoms with Crippen molar-refractivity contribution in [3.05, 3.63) is 11.3 Å². The zero-order chi connectivity index (χ0) is 16.2. The number of hydrogen-bond acceptors (Lipinski definition) is 7. The fourth-order valence-electron chi connectivity index (χ4n) is 3.05. The Hall–Kier alpha value is -2.14. The van der Waals surface area contributed by atoms with Crippen molar-refractivity contribution < 1.29 is 36.8 Å². The fraction of sp³-hybridized carbons (Fsp3) is 0.545. The number of amides is 2. The molecule has 0 aliphatic carbocycles. The van der Waals surface area contributed by atoms with Crippen molar-refractivity contribution in [2.75, 3.05) is 12.8 Å². The number of hydrogen-bond donors (Lipinski definition) is 1. The highest BCUT2D eigenvalue weighted by Gasteiger charge is 2.62. The van der Waals surface area contributed by atoms with Crippen LogP contribution < -0.4 is 0 Å². The van der Waals surface area contributed by atoms with Gasteiger partial charge in [0, 0.05) is 6.54 Å². The fourth-order valence-corrected chi connectivity index (χ4v) is 3.64. The van der Waals surface area contributed by atoms with E-state index in [2.05, 4.69) is 4.74 Å². The molecule has 3 aliphatic heterocycles. The van der Waals surface area contributed by atoms with E-state index in [1.165, 1.54) is 4.90 Å². The van der Waals surface area contributed by atoms with Gasteiger partial charge in [0.2, 0.25) is 12.6 Å². The molecule has 120 valence electrons. The van der Waals surface area contributed by atoms with E-state index in [0.717, 1.165) is 11.2 Å². The number of carboxylic acid groups (broad SMARTS) is 1. The Morgan fingerprint density at radius 2 is 2.14 bits per heavy atom. The molecule has 22 heavy (non-hydrogen) atoms. The average molecular weight is 332 g/mol. The first kappa shape index (κ1) is 14.8. The predicted octanol–water partition coefficient (Wildman–Crippen LogP) is -1.31. The van der Waals surface area contributed by atoms with Gasteiger partial charge < -0.3 is 14.7 Å². The molecule has 2 unspecified atom stereocenters. The van der Waals surface area contributed by atoms with Gasteiger partial charge in [0.25, 0.3) is 16.0 Å². The maximum absolute atomic E-state index is 12.1. The Morgan fingerprint density at radius 1 is 1.45 bits per heavy atom. The molecule has 0 spiro atoms. The molecule has 11 heteroatoms. The third-order valence-electron chi connectivity index (χ3n) is 3.78. The molecule has 0 aromatic heterocycles. The van der Waals surface area contributed by atoms with Crippen LogP contribution in [0.4, 0.5) is 4.79 Å².